The zero-order valence-corrected chi connectivity index (χ0v) is 8.55. The molecule has 0 aliphatic rings. The van der Waals surface area contributed by atoms with Gasteiger partial charge in [0.15, 0.2) is 0 Å². The summed E-state index contributed by atoms with van der Waals surface area (Å²) in [7, 11) is 0. The van der Waals surface area contributed by atoms with Crippen molar-refractivity contribution in [2.45, 2.75) is 6.92 Å². The first-order chi connectivity index (χ1) is 7.16. The van der Waals surface area contributed by atoms with Gasteiger partial charge in [-0.05, 0) is 25.1 Å². The highest BCUT2D eigenvalue weighted by Crippen LogP contribution is 2.12. The molecule has 0 aromatic carbocycles. The number of carboxylic acid groups (broad SMARTS) is 1. The lowest BCUT2D eigenvalue weighted by Crippen LogP contribution is -2.03. The molecule has 0 amide bonds. The highest BCUT2D eigenvalue weighted by molar-refractivity contribution is 5.96. The van der Waals surface area contributed by atoms with Crippen molar-refractivity contribution < 1.29 is 9.90 Å². The molecule has 15 heavy (non-hydrogen) atoms. The van der Waals surface area contributed by atoms with Crippen LogP contribution in [0.5, 0.6) is 0 Å². The second kappa shape index (κ2) is 5.00. The van der Waals surface area contributed by atoms with E-state index in [1.54, 1.807) is 36.0 Å². The maximum atomic E-state index is 11.0. The molecule has 0 atom stereocenters. The zero-order chi connectivity index (χ0) is 11.3. The van der Waals surface area contributed by atoms with Crippen molar-refractivity contribution in [1.82, 2.24) is 4.57 Å². The molecule has 3 heteroatoms. The van der Waals surface area contributed by atoms with Crippen LogP contribution in [0.3, 0.4) is 0 Å². The topological polar surface area (TPSA) is 42.2 Å². The van der Waals surface area contributed by atoms with Gasteiger partial charge in [0.05, 0.1) is 5.57 Å². The van der Waals surface area contributed by atoms with Crippen LogP contribution in [-0.2, 0) is 4.79 Å². The lowest BCUT2D eigenvalue weighted by atomic mass is 10.2. The molecule has 0 saturated carbocycles. The molecule has 0 radical (unpaired) electrons. The third kappa shape index (κ3) is 2.71. The lowest BCUT2D eigenvalue weighted by molar-refractivity contribution is -0.132. The van der Waals surface area contributed by atoms with Crippen LogP contribution >= 0.6 is 0 Å². The maximum absolute atomic E-state index is 11.0. The Kier molecular flexibility index (Phi) is 3.68. The molecule has 1 N–H and O–H groups in total. The van der Waals surface area contributed by atoms with Crippen LogP contribution in [0.15, 0.2) is 54.9 Å². The molecule has 0 bridgehead atoms. The molecular formula is C12H13NO2. The van der Waals surface area contributed by atoms with Crippen LogP contribution in [0.25, 0.3) is 5.70 Å². The summed E-state index contributed by atoms with van der Waals surface area (Å²) >= 11 is 0. The first-order valence-electron chi connectivity index (χ1n) is 4.53. The van der Waals surface area contributed by atoms with Gasteiger partial charge in [-0.3, -0.25) is 0 Å². The van der Waals surface area contributed by atoms with Gasteiger partial charge >= 0.3 is 5.97 Å². The average Bonchev–Trinajstić information content (AvgIpc) is 2.70. The lowest BCUT2D eigenvalue weighted by Gasteiger charge is -2.05. The van der Waals surface area contributed by atoms with Crippen LogP contribution in [0, 0.1) is 0 Å². The van der Waals surface area contributed by atoms with E-state index in [0.29, 0.717) is 5.70 Å². The summed E-state index contributed by atoms with van der Waals surface area (Å²) in [4.78, 5) is 11.0. The van der Waals surface area contributed by atoms with Crippen molar-refractivity contribution in [2.75, 3.05) is 0 Å². The van der Waals surface area contributed by atoms with E-state index >= 15 is 0 Å². The van der Waals surface area contributed by atoms with Crippen molar-refractivity contribution in [3.63, 3.8) is 0 Å². The maximum Gasteiger partial charge on any atom is 0.337 e. The van der Waals surface area contributed by atoms with E-state index in [1.807, 2.05) is 12.1 Å². The summed E-state index contributed by atoms with van der Waals surface area (Å²) in [6.07, 6.45) is 8.30. The SMILES string of the molecule is C=C/C=C\C(C(=O)O)=C(/C)n1cccc1. The highest BCUT2D eigenvalue weighted by Gasteiger charge is 2.08. The smallest absolute Gasteiger partial charge is 0.337 e. The van der Waals surface area contributed by atoms with E-state index in [0.717, 1.165) is 0 Å². The predicted octanol–water partition coefficient (Wildman–Crippen LogP) is 2.55. The largest absolute Gasteiger partial charge is 0.478 e. The third-order valence-electron chi connectivity index (χ3n) is 2.01. The van der Waals surface area contributed by atoms with Crippen LogP contribution < -0.4 is 0 Å². The van der Waals surface area contributed by atoms with Gasteiger partial charge in [-0.15, -0.1) is 0 Å². The summed E-state index contributed by atoms with van der Waals surface area (Å²) in [6, 6.07) is 3.69. The van der Waals surface area contributed by atoms with Gasteiger partial charge in [0.25, 0.3) is 0 Å². The van der Waals surface area contributed by atoms with Crippen molar-refractivity contribution in [3.05, 3.63) is 54.9 Å². The van der Waals surface area contributed by atoms with Gasteiger partial charge in [0.2, 0.25) is 0 Å². The first kappa shape index (κ1) is 11.0. The summed E-state index contributed by atoms with van der Waals surface area (Å²) in [5, 5.41) is 9.01. The second-order valence-corrected chi connectivity index (χ2v) is 2.99. The summed E-state index contributed by atoms with van der Waals surface area (Å²) in [5.74, 6) is -0.945. The highest BCUT2D eigenvalue weighted by atomic mass is 16.4. The number of hydrogen-bond donors (Lipinski definition) is 1. The van der Waals surface area contributed by atoms with E-state index in [1.165, 1.54) is 6.08 Å². The Balaban J connectivity index is 3.16. The normalized spacial score (nSPS) is 12.6. The van der Waals surface area contributed by atoms with Gasteiger partial charge in [0, 0.05) is 18.1 Å². The summed E-state index contributed by atoms with van der Waals surface area (Å²) in [5.41, 5.74) is 0.928. The van der Waals surface area contributed by atoms with Crippen molar-refractivity contribution in [1.29, 1.82) is 0 Å². The molecule has 0 saturated heterocycles. The minimum absolute atomic E-state index is 0.256. The monoisotopic (exact) mass is 203 g/mol. The van der Waals surface area contributed by atoms with Crippen molar-refractivity contribution in [2.24, 2.45) is 0 Å². The summed E-state index contributed by atoms with van der Waals surface area (Å²) < 4.78 is 1.76. The molecule has 3 nitrogen and oxygen atoms in total. The van der Waals surface area contributed by atoms with Gasteiger partial charge in [-0.1, -0.05) is 18.7 Å². The number of rotatable bonds is 4. The minimum Gasteiger partial charge on any atom is -0.478 e. The number of allylic oxidation sites excluding steroid dienone is 3. The van der Waals surface area contributed by atoms with Crippen LogP contribution in [0.2, 0.25) is 0 Å². The van der Waals surface area contributed by atoms with E-state index in [2.05, 4.69) is 6.58 Å². The van der Waals surface area contributed by atoms with Crippen LogP contribution in [0.1, 0.15) is 6.92 Å². The first-order valence-corrected chi connectivity index (χ1v) is 4.53. The van der Waals surface area contributed by atoms with Crippen LogP contribution in [-0.4, -0.2) is 15.6 Å². The molecule has 1 heterocycles. The number of carbonyl (C=O) groups is 1. The average molecular weight is 203 g/mol. The minimum atomic E-state index is -0.945. The molecule has 1 aromatic rings. The molecule has 0 aliphatic heterocycles. The Morgan fingerprint density at radius 2 is 2.00 bits per heavy atom. The number of nitrogens with zero attached hydrogens (tertiary/aromatic N) is 1. The van der Waals surface area contributed by atoms with Crippen molar-refractivity contribution >= 4 is 11.7 Å². The third-order valence-corrected chi connectivity index (χ3v) is 2.01. The van der Waals surface area contributed by atoms with E-state index < -0.39 is 5.97 Å². The molecule has 1 rings (SSSR count). The molecule has 0 fully saturated rings. The molecule has 78 valence electrons. The zero-order valence-electron chi connectivity index (χ0n) is 8.55. The number of hydrogen-bond acceptors (Lipinski definition) is 1. The van der Waals surface area contributed by atoms with Crippen molar-refractivity contribution in [3.8, 4) is 0 Å². The quantitative estimate of drug-likeness (QED) is 0.603. The molecule has 0 aliphatic carbocycles. The fraction of sp³-hybridized carbons (Fsp3) is 0.0833. The van der Waals surface area contributed by atoms with Gasteiger partial charge in [-0.2, -0.15) is 0 Å². The van der Waals surface area contributed by atoms with Crippen LogP contribution in [0.4, 0.5) is 0 Å². The fourth-order valence-corrected chi connectivity index (χ4v) is 1.21. The molecular weight excluding hydrogens is 190 g/mol. The molecule has 0 spiro atoms. The standard InChI is InChI=1S/C12H13NO2/c1-3-4-7-11(12(14)15)10(2)13-8-5-6-9-13/h3-9H,1H2,2H3,(H,14,15)/b7-4-,11-10-. The predicted molar refractivity (Wildman–Crippen MR) is 60.3 cm³/mol. The van der Waals surface area contributed by atoms with E-state index in [-0.39, 0.29) is 5.57 Å². The molecule has 0 unspecified atom stereocenters. The van der Waals surface area contributed by atoms with Gasteiger partial charge < -0.3 is 9.67 Å². The Labute approximate surface area is 88.7 Å². The number of carboxylic acids is 1. The van der Waals surface area contributed by atoms with Gasteiger partial charge in [0.1, 0.15) is 0 Å². The Morgan fingerprint density at radius 3 is 2.47 bits per heavy atom. The molecule has 1 aromatic heterocycles. The Bertz CT molecular complexity index is 411. The van der Waals surface area contributed by atoms with E-state index in [9.17, 15) is 4.79 Å². The second-order valence-electron chi connectivity index (χ2n) is 2.99. The van der Waals surface area contributed by atoms with Gasteiger partial charge in [-0.25, -0.2) is 4.79 Å². The summed E-state index contributed by atoms with van der Waals surface area (Å²) in [6.45, 7) is 5.27. The number of aromatic nitrogens is 1. The Morgan fingerprint density at radius 1 is 1.40 bits per heavy atom. The fourth-order valence-electron chi connectivity index (χ4n) is 1.21. The number of aliphatic carboxylic acids is 1. The van der Waals surface area contributed by atoms with E-state index in [4.69, 9.17) is 5.11 Å². The Hall–Kier alpha value is -2.03.